The Kier molecular flexibility index (Phi) is 5.14. The summed E-state index contributed by atoms with van der Waals surface area (Å²) in [4.78, 5) is 13.3. The van der Waals surface area contributed by atoms with Crippen LogP contribution in [-0.2, 0) is 4.79 Å². The molecule has 5 nitrogen and oxygen atoms in total. The van der Waals surface area contributed by atoms with Crippen LogP contribution < -0.4 is 5.32 Å². The Hall–Kier alpha value is -1.90. The van der Waals surface area contributed by atoms with Crippen LogP contribution in [0.5, 0.6) is 0 Å². The standard InChI is InChI=1S/C12H15N3O2/c1-15(6-7-16)9-12(17)14-11-4-2-10(8-13)3-5-11/h2-5,16H,6-7,9H2,1H3,(H,14,17). The summed E-state index contributed by atoms with van der Waals surface area (Å²) in [7, 11) is 1.76. The van der Waals surface area contributed by atoms with Gasteiger partial charge in [0, 0.05) is 12.2 Å². The summed E-state index contributed by atoms with van der Waals surface area (Å²) in [6.07, 6.45) is 0. The van der Waals surface area contributed by atoms with Gasteiger partial charge in [-0.25, -0.2) is 0 Å². The Balaban J connectivity index is 2.48. The van der Waals surface area contributed by atoms with E-state index in [4.69, 9.17) is 10.4 Å². The van der Waals surface area contributed by atoms with E-state index in [0.717, 1.165) is 0 Å². The molecule has 90 valence electrons. The normalized spacial score (nSPS) is 10.0. The quantitative estimate of drug-likeness (QED) is 0.772. The van der Waals surface area contributed by atoms with Gasteiger partial charge in [0.2, 0.25) is 5.91 Å². The first kappa shape index (κ1) is 13.2. The molecule has 1 amide bonds. The highest BCUT2D eigenvalue weighted by Crippen LogP contribution is 2.08. The fraction of sp³-hybridized carbons (Fsp3) is 0.333. The number of rotatable bonds is 5. The summed E-state index contributed by atoms with van der Waals surface area (Å²) in [5.74, 6) is -0.148. The summed E-state index contributed by atoms with van der Waals surface area (Å²) in [5, 5.41) is 20.0. The van der Waals surface area contributed by atoms with Crippen LogP contribution in [0.4, 0.5) is 5.69 Å². The molecule has 0 saturated carbocycles. The number of likely N-dealkylation sites (N-methyl/N-ethyl adjacent to an activating group) is 1. The highest BCUT2D eigenvalue weighted by molar-refractivity contribution is 5.92. The fourth-order valence-electron chi connectivity index (χ4n) is 1.32. The Bertz CT molecular complexity index is 409. The van der Waals surface area contributed by atoms with E-state index < -0.39 is 0 Å². The van der Waals surface area contributed by atoms with E-state index in [2.05, 4.69) is 5.32 Å². The molecule has 0 bridgehead atoms. The second-order valence-electron chi connectivity index (χ2n) is 3.70. The molecular weight excluding hydrogens is 218 g/mol. The summed E-state index contributed by atoms with van der Waals surface area (Å²) >= 11 is 0. The maximum absolute atomic E-state index is 11.6. The highest BCUT2D eigenvalue weighted by Gasteiger charge is 2.06. The van der Waals surface area contributed by atoms with Gasteiger partial charge in [-0.05, 0) is 31.3 Å². The van der Waals surface area contributed by atoms with Crippen LogP contribution in [0.25, 0.3) is 0 Å². The molecule has 0 heterocycles. The first-order valence-electron chi connectivity index (χ1n) is 5.25. The molecule has 1 rings (SSSR count). The van der Waals surface area contributed by atoms with Crippen LogP contribution in [0.15, 0.2) is 24.3 Å². The number of hydrogen-bond acceptors (Lipinski definition) is 4. The number of benzene rings is 1. The maximum atomic E-state index is 11.6. The molecule has 0 spiro atoms. The minimum absolute atomic E-state index is 0.0284. The lowest BCUT2D eigenvalue weighted by Crippen LogP contribution is -2.32. The van der Waals surface area contributed by atoms with Gasteiger partial charge in [0.15, 0.2) is 0 Å². The minimum Gasteiger partial charge on any atom is -0.395 e. The lowest BCUT2D eigenvalue weighted by atomic mass is 10.2. The van der Waals surface area contributed by atoms with Gasteiger partial charge >= 0.3 is 0 Å². The van der Waals surface area contributed by atoms with Crippen molar-refractivity contribution < 1.29 is 9.90 Å². The molecule has 5 heteroatoms. The molecule has 1 aromatic rings. The summed E-state index contributed by atoms with van der Waals surface area (Å²) in [6.45, 7) is 0.710. The van der Waals surface area contributed by atoms with Gasteiger partial charge in [-0.3, -0.25) is 9.69 Å². The number of carbonyl (C=O) groups is 1. The van der Waals surface area contributed by atoms with Gasteiger partial charge < -0.3 is 10.4 Å². The van der Waals surface area contributed by atoms with Crippen molar-refractivity contribution in [3.63, 3.8) is 0 Å². The van der Waals surface area contributed by atoms with Crippen LogP contribution in [0.2, 0.25) is 0 Å². The number of nitrogens with zero attached hydrogens (tertiary/aromatic N) is 2. The molecule has 0 unspecified atom stereocenters. The third-order valence-electron chi connectivity index (χ3n) is 2.19. The molecule has 0 radical (unpaired) electrons. The number of anilines is 1. The van der Waals surface area contributed by atoms with Crippen molar-refractivity contribution in [2.75, 3.05) is 32.1 Å². The lowest BCUT2D eigenvalue weighted by molar-refractivity contribution is -0.117. The molecule has 1 aromatic carbocycles. The van der Waals surface area contributed by atoms with E-state index in [1.807, 2.05) is 6.07 Å². The molecule has 0 aromatic heterocycles. The van der Waals surface area contributed by atoms with Gasteiger partial charge in [-0.2, -0.15) is 5.26 Å². The second kappa shape index (κ2) is 6.63. The average Bonchev–Trinajstić information content (AvgIpc) is 2.30. The lowest BCUT2D eigenvalue weighted by Gasteiger charge is -2.14. The fourth-order valence-corrected chi connectivity index (χ4v) is 1.32. The van der Waals surface area contributed by atoms with E-state index in [-0.39, 0.29) is 19.1 Å². The van der Waals surface area contributed by atoms with Gasteiger partial charge in [0.1, 0.15) is 0 Å². The number of carbonyl (C=O) groups excluding carboxylic acids is 1. The van der Waals surface area contributed by atoms with Crippen LogP contribution in [0.3, 0.4) is 0 Å². The van der Waals surface area contributed by atoms with Crippen molar-refractivity contribution >= 4 is 11.6 Å². The van der Waals surface area contributed by atoms with Gasteiger partial charge in [0.25, 0.3) is 0 Å². The van der Waals surface area contributed by atoms with Crippen LogP contribution in [-0.4, -0.2) is 42.7 Å². The predicted molar refractivity (Wildman–Crippen MR) is 64.4 cm³/mol. The van der Waals surface area contributed by atoms with Crippen LogP contribution in [0.1, 0.15) is 5.56 Å². The Morgan fingerprint density at radius 2 is 2.12 bits per heavy atom. The van der Waals surface area contributed by atoms with Crippen LogP contribution in [0, 0.1) is 11.3 Å². The molecule has 17 heavy (non-hydrogen) atoms. The van der Waals surface area contributed by atoms with E-state index in [1.54, 1.807) is 36.2 Å². The third kappa shape index (κ3) is 4.64. The zero-order valence-electron chi connectivity index (χ0n) is 9.68. The van der Waals surface area contributed by atoms with E-state index >= 15 is 0 Å². The SMILES string of the molecule is CN(CCO)CC(=O)Nc1ccc(C#N)cc1. The highest BCUT2D eigenvalue weighted by atomic mass is 16.3. The van der Waals surface area contributed by atoms with E-state index in [1.165, 1.54) is 0 Å². The summed E-state index contributed by atoms with van der Waals surface area (Å²) < 4.78 is 0. The number of nitrogens with one attached hydrogen (secondary N) is 1. The van der Waals surface area contributed by atoms with Crippen molar-refractivity contribution in [1.29, 1.82) is 5.26 Å². The Labute approximate surface area is 100 Å². The Morgan fingerprint density at radius 3 is 2.65 bits per heavy atom. The zero-order chi connectivity index (χ0) is 12.7. The second-order valence-corrected chi connectivity index (χ2v) is 3.70. The molecule has 0 saturated heterocycles. The summed E-state index contributed by atoms with van der Waals surface area (Å²) in [6, 6.07) is 8.67. The van der Waals surface area contributed by atoms with Gasteiger partial charge in [-0.1, -0.05) is 0 Å². The number of nitriles is 1. The third-order valence-corrected chi connectivity index (χ3v) is 2.19. The van der Waals surface area contributed by atoms with Crippen molar-refractivity contribution in [3.05, 3.63) is 29.8 Å². The van der Waals surface area contributed by atoms with Crippen molar-refractivity contribution in [2.24, 2.45) is 0 Å². The van der Waals surface area contributed by atoms with E-state index in [0.29, 0.717) is 17.8 Å². The molecule has 0 fully saturated rings. The molecule has 0 aliphatic heterocycles. The predicted octanol–water partition coefficient (Wildman–Crippen LogP) is 0.421. The van der Waals surface area contributed by atoms with Gasteiger partial charge in [-0.15, -0.1) is 0 Å². The molecular formula is C12H15N3O2. The summed E-state index contributed by atoms with van der Waals surface area (Å²) in [5.41, 5.74) is 1.21. The van der Waals surface area contributed by atoms with Gasteiger partial charge in [0.05, 0.1) is 24.8 Å². The first-order valence-corrected chi connectivity index (χ1v) is 5.25. The van der Waals surface area contributed by atoms with Crippen molar-refractivity contribution in [2.45, 2.75) is 0 Å². The smallest absolute Gasteiger partial charge is 0.238 e. The maximum Gasteiger partial charge on any atom is 0.238 e. The van der Waals surface area contributed by atoms with Crippen molar-refractivity contribution in [1.82, 2.24) is 4.90 Å². The number of aliphatic hydroxyl groups excluding tert-OH is 1. The van der Waals surface area contributed by atoms with Crippen LogP contribution >= 0.6 is 0 Å². The average molecular weight is 233 g/mol. The molecule has 2 N–H and O–H groups in total. The number of amides is 1. The monoisotopic (exact) mass is 233 g/mol. The largest absolute Gasteiger partial charge is 0.395 e. The minimum atomic E-state index is -0.148. The Morgan fingerprint density at radius 1 is 1.47 bits per heavy atom. The molecule has 0 aliphatic rings. The number of aliphatic hydroxyl groups is 1. The number of hydrogen-bond donors (Lipinski definition) is 2. The first-order chi connectivity index (χ1) is 8.15. The van der Waals surface area contributed by atoms with E-state index in [9.17, 15) is 4.79 Å². The molecule has 0 atom stereocenters. The van der Waals surface area contributed by atoms with Crippen molar-refractivity contribution in [3.8, 4) is 6.07 Å². The zero-order valence-corrected chi connectivity index (χ0v) is 9.68. The molecule has 0 aliphatic carbocycles. The topological polar surface area (TPSA) is 76.4 Å².